The molecule has 1 aliphatic rings. The zero-order valence-corrected chi connectivity index (χ0v) is 10.3. The second kappa shape index (κ2) is 5.27. The lowest BCUT2D eigenvalue weighted by Crippen LogP contribution is -2.35. The maximum absolute atomic E-state index is 10.8. The molecule has 0 amide bonds. The Bertz CT molecular complexity index is 278. The van der Waals surface area contributed by atoms with Crippen LogP contribution in [-0.2, 0) is 19.0 Å². The molecular weight excluding hydrogens is 216 g/mol. The Morgan fingerprint density at radius 3 is 2.27 bits per heavy atom. The Kier molecular flexibility index (Phi) is 4.55. The summed E-state index contributed by atoms with van der Waals surface area (Å²) in [5.41, 5.74) is -0.150. The zero-order valence-electron chi connectivity index (χ0n) is 9.49. The highest BCUT2D eigenvalue weighted by Crippen LogP contribution is 2.33. The molecule has 0 spiro atoms. The van der Waals surface area contributed by atoms with Crippen LogP contribution in [0.3, 0.4) is 0 Å². The molecule has 0 aliphatic heterocycles. The molecule has 0 aromatic rings. The number of methoxy groups -OCH3 is 1. The molecule has 15 heavy (non-hydrogen) atoms. The average Bonchev–Trinajstić information content (AvgIpc) is 2.17. The molecule has 1 fully saturated rings. The summed E-state index contributed by atoms with van der Waals surface area (Å²) in [5, 5.41) is 0. The molecule has 1 saturated carbocycles. The fourth-order valence-electron chi connectivity index (χ4n) is 2.13. The van der Waals surface area contributed by atoms with E-state index in [4.69, 9.17) is 8.92 Å². The Hall–Kier alpha value is -0.130. The predicted octanol–water partition coefficient (Wildman–Crippen LogP) is 1.70. The molecule has 1 aliphatic carbocycles. The minimum atomic E-state index is -3.32. The molecule has 0 heterocycles. The fraction of sp³-hybridized carbons (Fsp3) is 1.00. The maximum Gasteiger partial charge on any atom is 0.264 e. The van der Waals surface area contributed by atoms with Crippen molar-refractivity contribution in [1.82, 2.24) is 0 Å². The third kappa shape index (κ3) is 4.49. The lowest BCUT2D eigenvalue weighted by Gasteiger charge is -2.35. The SMILES string of the molecule is COC1(CCOS(C)(=O)=O)CCCCC1. The van der Waals surface area contributed by atoms with Crippen molar-refractivity contribution in [2.24, 2.45) is 0 Å². The van der Waals surface area contributed by atoms with E-state index in [1.54, 1.807) is 7.11 Å². The van der Waals surface area contributed by atoms with Gasteiger partial charge in [0.15, 0.2) is 0 Å². The van der Waals surface area contributed by atoms with Crippen LogP contribution in [0, 0.1) is 0 Å². The van der Waals surface area contributed by atoms with Gasteiger partial charge in [-0.05, 0) is 12.8 Å². The third-order valence-corrected chi connectivity index (χ3v) is 3.65. The highest BCUT2D eigenvalue weighted by atomic mass is 32.2. The molecule has 0 aromatic heterocycles. The van der Waals surface area contributed by atoms with Gasteiger partial charge in [0.1, 0.15) is 0 Å². The van der Waals surface area contributed by atoms with Crippen molar-refractivity contribution in [3.63, 3.8) is 0 Å². The van der Waals surface area contributed by atoms with Gasteiger partial charge < -0.3 is 4.74 Å². The first kappa shape index (κ1) is 12.9. The average molecular weight is 236 g/mol. The van der Waals surface area contributed by atoms with Crippen molar-refractivity contribution in [1.29, 1.82) is 0 Å². The molecule has 0 saturated heterocycles. The molecule has 0 radical (unpaired) electrons. The molecule has 0 N–H and O–H groups in total. The van der Waals surface area contributed by atoms with Gasteiger partial charge >= 0.3 is 0 Å². The van der Waals surface area contributed by atoms with Gasteiger partial charge in [0, 0.05) is 13.5 Å². The van der Waals surface area contributed by atoms with Crippen LogP contribution in [0.4, 0.5) is 0 Å². The number of hydrogen-bond donors (Lipinski definition) is 0. The van der Waals surface area contributed by atoms with Crippen LogP contribution in [0.1, 0.15) is 38.5 Å². The number of ether oxygens (including phenoxy) is 1. The minimum absolute atomic E-state index is 0.150. The van der Waals surface area contributed by atoms with Crippen LogP contribution in [0.2, 0.25) is 0 Å². The molecule has 0 aromatic carbocycles. The maximum atomic E-state index is 10.8. The highest BCUT2D eigenvalue weighted by Gasteiger charge is 2.31. The summed E-state index contributed by atoms with van der Waals surface area (Å²) in [4.78, 5) is 0. The molecular formula is C10H20O4S. The van der Waals surface area contributed by atoms with Crippen molar-refractivity contribution in [2.45, 2.75) is 44.1 Å². The molecule has 4 nitrogen and oxygen atoms in total. The van der Waals surface area contributed by atoms with Crippen LogP contribution < -0.4 is 0 Å². The second-order valence-electron chi connectivity index (χ2n) is 4.22. The van der Waals surface area contributed by atoms with E-state index < -0.39 is 10.1 Å². The summed E-state index contributed by atoms with van der Waals surface area (Å²) in [6.07, 6.45) is 7.33. The van der Waals surface area contributed by atoms with E-state index in [0.717, 1.165) is 31.9 Å². The van der Waals surface area contributed by atoms with Crippen molar-refractivity contribution in [3.8, 4) is 0 Å². The first-order chi connectivity index (χ1) is 6.97. The second-order valence-corrected chi connectivity index (χ2v) is 5.87. The largest absolute Gasteiger partial charge is 0.378 e. The van der Waals surface area contributed by atoms with Crippen molar-refractivity contribution < 1.29 is 17.3 Å². The van der Waals surface area contributed by atoms with Crippen LogP contribution in [0.15, 0.2) is 0 Å². The monoisotopic (exact) mass is 236 g/mol. The fourth-order valence-corrected chi connectivity index (χ4v) is 2.52. The van der Waals surface area contributed by atoms with E-state index in [2.05, 4.69) is 0 Å². The summed E-state index contributed by atoms with van der Waals surface area (Å²) < 4.78 is 31.9. The lowest BCUT2D eigenvalue weighted by molar-refractivity contribution is -0.0521. The van der Waals surface area contributed by atoms with E-state index in [1.165, 1.54) is 6.42 Å². The molecule has 90 valence electrons. The summed E-state index contributed by atoms with van der Waals surface area (Å²) in [6, 6.07) is 0. The Morgan fingerprint density at radius 1 is 1.20 bits per heavy atom. The van der Waals surface area contributed by atoms with Gasteiger partial charge in [-0.15, -0.1) is 0 Å². The van der Waals surface area contributed by atoms with Gasteiger partial charge in [0.25, 0.3) is 10.1 Å². The van der Waals surface area contributed by atoms with E-state index >= 15 is 0 Å². The van der Waals surface area contributed by atoms with Gasteiger partial charge in [-0.1, -0.05) is 19.3 Å². The highest BCUT2D eigenvalue weighted by molar-refractivity contribution is 7.85. The summed E-state index contributed by atoms with van der Waals surface area (Å²) in [6.45, 7) is 0.229. The molecule has 5 heteroatoms. The molecule has 1 rings (SSSR count). The first-order valence-electron chi connectivity index (χ1n) is 5.37. The minimum Gasteiger partial charge on any atom is -0.378 e. The third-order valence-electron chi connectivity index (χ3n) is 3.05. The van der Waals surface area contributed by atoms with E-state index in [1.807, 2.05) is 0 Å². The van der Waals surface area contributed by atoms with Gasteiger partial charge in [-0.25, -0.2) is 0 Å². The van der Waals surface area contributed by atoms with Crippen LogP contribution in [-0.4, -0.2) is 34.0 Å². The van der Waals surface area contributed by atoms with Crippen molar-refractivity contribution >= 4 is 10.1 Å². The van der Waals surface area contributed by atoms with Gasteiger partial charge in [-0.2, -0.15) is 8.42 Å². The van der Waals surface area contributed by atoms with Crippen LogP contribution in [0.25, 0.3) is 0 Å². The number of rotatable bonds is 5. The Balaban J connectivity index is 2.39. The lowest BCUT2D eigenvalue weighted by atomic mass is 9.82. The first-order valence-corrected chi connectivity index (χ1v) is 7.19. The van der Waals surface area contributed by atoms with Gasteiger partial charge in [0.05, 0.1) is 18.5 Å². The van der Waals surface area contributed by atoms with E-state index in [9.17, 15) is 8.42 Å². The van der Waals surface area contributed by atoms with Crippen LogP contribution >= 0.6 is 0 Å². The Morgan fingerprint density at radius 2 is 1.80 bits per heavy atom. The normalized spacial score (nSPS) is 21.5. The zero-order chi connectivity index (χ0) is 11.4. The van der Waals surface area contributed by atoms with E-state index in [0.29, 0.717) is 6.42 Å². The molecule has 0 atom stereocenters. The van der Waals surface area contributed by atoms with Crippen LogP contribution in [0.5, 0.6) is 0 Å². The van der Waals surface area contributed by atoms with E-state index in [-0.39, 0.29) is 12.2 Å². The topological polar surface area (TPSA) is 52.6 Å². The molecule has 0 unspecified atom stereocenters. The predicted molar refractivity (Wildman–Crippen MR) is 58.2 cm³/mol. The smallest absolute Gasteiger partial charge is 0.264 e. The standard InChI is InChI=1S/C10H20O4S/c1-13-10(6-4-3-5-7-10)8-9-14-15(2,11)12/h3-9H2,1-2H3. The quantitative estimate of drug-likeness (QED) is 0.682. The summed E-state index contributed by atoms with van der Waals surface area (Å²) >= 11 is 0. The van der Waals surface area contributed by atoms with Gasteiger partial charge in [-0.3, -0.25) is 4.18 Å². The summed E-state index contributed by atoms with van der Waals surface area (Å²) in [7, 11) is -1.62. The van der Waals surface area contributed by atoms with Gasteiger partial charge in [0.2, 0.25) is 0 Å². The van der Waals surface area contributed by atoms with Crippen molar-refractivity contribution in [3.05, 3.63) is 0 Å². The van der Waals surface area contributed by atoms with Crippen molar-refractivity contribution in [2.75, 3.05) is 20.0 Å². The number of hydrogen-bond acceptors (Lipinski definition) is 4. The molecule has 0 bridgehead atoms. The summed E-state index contributed by atoms with van der Waals surface area (Å²) in [5.74, 6) is 0. The Labute approximate surface area is 92.1 Å².